The van der Waals surface area contributed by atoms with Crippen molar-refractivity contribution in [3.05, 3.63) is 29.3 Å². The second-order valence-electron chi connectivity index (χ2n) is 4.74. The second-order valence-corrected chi connectivity index (χ2v) is 5.17. The third kappa shape index (κ3) is 6.04. The van der Waals surface area contributed by atoms with Gasteiger partial charge in [-0.25, -0.2) is 0 Å². The van der Waals surface area contributed by atoms with E-state index in [1.807, 2.05) is 6.92 Å². The Morgan fingerprint density at radius 2 is 1.81 bits per heavy atom. The first kappa shape index (κ1) is 17.3. The molecule has 0 heterocycles. The van der Waals surface area contributed by atoms with E-state index in [0.717, 1.165) is 6.42 Å². The summed E-state index contributed by atoms with van der Waals surface area (Å²) in [5, 5.41) is 5.94. The predicted octanol–water partition coefficient (Wildman–Crippen LogP) is 2.14. The second kappa shape index (κ2) is 8.52. The minimum absolute atomic E-state index is 0.205. The third-order valence-electron chi connectivity index (χ3n) is 2.80. The van der Waals surface area contributed by atoms with Gasteiger partial charge in [-0.3, -0.25) is 9.59 Å². The number of ether oxygens (including phenoxy) is 1. The molecular weight excluding hydrogens is 292 g/mol. The minimum Gasteiger partial charge on any atom is -0.481 e. The van der Waals surface area contributed by atoms with E-state index in [0.29, 0.717) is 17.3 Å². The number of carbonyl (C=O) groups excluding carboxylic acids is 2. The third-order valence-corrected chi connectivity index (χ3v) is 3.05. The van der Waals surface area contributed by atoms with Crippen LogP contribution in [0.1, 0.15) is 27.2 Å². The lowest BCUT2D eigenvalue weighted by molar-refractivity contribution is -0.132. The van der Waals surface area contributed by atoms with Gasteiger partial charge in [-0.05, 0) is 44.5 Å². The molecule has 0 radical (unpaired) electrons. The zero-order chi connectivity index (χ0) is 15.8. The van der Waals surface area contributed by atoms with E-state index in [1.165, 1.54) is 0 Å². The summed E-state index contributed by atoms with van der Waals surface area (Å²) in [5.41, 5.74) is 0. The fourth-order valence-corrected chi connectivity index (χ4v) is 1.69. The molecule has 0 fully saturated rings. The molecule has 5 nitrogen and oxygen atoms in total. The van der Waals surface area contributed by atoms with Crippen molar-refractivity contribution in [2.75, 3.05) is 6.54 Å². The topological polar surface area (TPSA) is 67.4 Å². The molecule has 1 aromatic carbocycles. The zero-order valence-corrected chi connectivity index (χ0v) is 13.2. The van der Waals surface area contributed by atoms with Gasteiger partial charge < -0.3 is 15.4 Å². The molecule has 2 amide bonds. The first-order valence-corrected chi connectivity index (χ1v) is 7.32. The van der Waals surface area contributed by atoms with Gasteiger partial charge in [-0.1, -0.05) is 18.5 Å². The van der Waals surface area contributed by atoms with Crippen LogP contribution in [0.2, 0.25) is 5.02 Å². The van der Waals surface area contributed by atoms with Crippen molar-refractivity contribution >= 4 is 23.4 Å². The van der Waals surface area contributed by atoms with E-state index >= 15 is 0 Å². The minimum atomic E-state index is -0.701. The number of hydrogen-bond acceptors (Lipinski definition) is 3. The van der Waals surface area contributed by atoms with E-state index in [2.05, 4.69) is 10.6 Å². The van der Waals surface area contributed by atoms with Crippen molar-refractivity contribution in [3.63, 3.8) is 0 Å². The summed E-state index contributed by atoms with van der Waals surface area (Å²) in [6, 6.07) is 6.14. The van der Waals surface area contributed by atoms with Crippen LogP contribution in [0.5, 0.6) is 5.75 Å². The maximum absolute atomic E-state index is 12.0. The molecule has 0 bridgehead atoms. The van der Waals surface area contributed by atoms with Crippen LogP contribution in [0, 0.1) is 0 Å². The maximum Gasteiger partial charge on any atom is 0.261 e. The van der Waals surface area contributed by atoms with Crippen LogP contribution in [0.4, 0.5) is 0 Å². The molecule has 0 saturated heterocycles. The number of carbonyl (C=O) groups is 2. The summed E-state index contributed by atoms with van der Waals surface area (Å²) in [4.78, 5) is 23.6. The van der Waals surface area contributed by atoms with Crippen molar-refractivity contribution in [3.8, 4) is 5.75 Å². The van der Waals surface area contributed by atoms with Gasteiger partial charge in [0.05, 0.1) is 0 Å². The number of rotatable bonds is 7. The Morgan fingerprint density at radius 1 is 1.19 bits per heavy atom. The highest BCUT2D eigenvalue weighted by Gasteiger charge is 2.20. The largest absolute Gasteiger partial charge is 0.481 e. The molecular formula is C15H21ClN2O3. The molecule has 0 saturated carbocycles. The van der Waals surface area contributed by atoms with E-state index in [9.17, 15) is 9.59 Å². The van der Waals surface area contributed by atoms with Gasteiger partial charge in [0.1, 0.15) is 11.8 Å². The van der Waals surface area contributed by atoms with Gasteiger partial charge in [-0.15, -0.1) is 0 Å². The predicted molar refractivity (Wildman–Crippen MR) is 82.4 cm³/mol. The lowest BCUT2D eigenvalue weighted by Crippen LogP contribution is -2.48. The Morgan fingerprint density at radius 3 is 2.38 bits per heavy atom. The van der Waals surface area contributed by atoms with Crippen molar-refractivity contribution < 1.29 is 14.3 Å². The molecule has 2 N–H and O–H groups in total. The van der Waals surface area contributed by atoms with Crippen LogP contribution in [0.15, 0.2) is 24.3 Å². The van der Waals surface area contributed by atoms with E-state index < -0.39 is 12.1 Å². The van der Waals surface area contributed by atoms with Crippen molar-refractivity contribution in [1.82, 2.24) is 10.6 Å². The highest BCUT2D eigenvalue weighted by Crippen LogP contribution is 2.16. The Hall–Kier alpha value is -1.75. The molecule has 0 aromatic heterocycles. The van der Waals surface area contributed by atoms with Gasteiger partial charge >= 0.3 is 0 Å². The summed E-state index contributed by atoms with van der Waals surface area (Å²) in [5.74, 6) is -0.00173. The standard InChI is InChI=1S/C15H21ClN2O3/c1-4-9-17-14(19)10(2)18-15(20)11(3)21-13-7-5-12(16)6-8-13/h5-8,10-11H,4,9H2,1-3H3,(H,17,19)(H,18,20). The Balaban J connectivity index is 2.46. The van der Waals surface area contributed by atoms with Gasteiger partial charge in [0, 0.05) is 11.6 Å². The lowest BCUT2D eigenvalue weighted by atomic mass is 10.2. The van der Waals surface area contributed by atoms with Gasteiger partial charge in [0.2, 0.25) is 5.91 Å². The molecule has 2 atom stereocenters. The molecule has 6 heteroatoms. The Kier molecular flexibility index (Phi) is 7.02. The molecule has 116 valence electrons. The summed E-state index contributed by atoms with van der Waals surface area (Å²) in [6.45, 7) is 5.82. The van der Waals surface area contributed by atoms with E-state index in [1.54, 1.807) is 38.1 Å². The van der Waals surface area contributed by atoms with Crippen molar-refractivity contribution in [2.45, 2.75) is 39.3 Å². The summed E-state index contributed by atoms with van der Waals surface area (Å²) in [6.07, 6.45) is 0.148. The highest BCUT2D eigenvalue weighted by atomic mass is 35.5. The van der Waals surface area contributed by atoms with Gasteiger partial charge in [-0.2, -0.15) is 0 Å². The molecule has 0 aliphatic rings. The van der Waals surface area contributed by atoms with Gasteiger partial charge in [0.25, 0.3) is 5.91 Å². The smallest absolute Gasteiger partial charge is 0.261 e. The fraction of sp³-hybridized carbons (Fsp3) is 0.467. The normalized spacial score (nSPS) is 13.1. The fourth-order valence-electron chi connectivity index (χ4n) is 1.57. The lowest BCUT2D eigenvalue weighted by Gasteiger charge is -2.18. The maximum atomic E-state index is 12.0. The first-order valence-electron chi connectivity index (χ1n) is 6.94. The number of halogens is 1. The number of benzene rings is 1. The molecule has 0 aliphatic heterocycles. The molecule has 0 spiro atoms. The molecule has 0 aliphatic carbocycles. The summed E-state index contributed by atoms with van der Waals surface area (Å²) >= 11 is 5.78. The summed E-state index contributed by atoms with van der Waals surface area (Å²) in [7, 11) is 0. The Labute approximate surface area is 130 Å². The number of hydrogen-bond donors (Lipinski definition) is 2. The van der Waals surface area contributed by atoms with Crippen LogP contribution < -0.4 is 15.4 Å². The monoisotopic (exact) mass is 312 g/mol. The van der Waals surface area contributed by atoms with Crippen LogP contribution in [0.25, 0.3) is 0 Å². The van der Waals surface area contributed by atoms with E-state index in [-0.39, 0.29) is 11.8 Å². The van der Waals surface area contributed by atoms with Crippen molar-refractivity contribution in [2.24, 2.45) is 0 Å². The van der Waals surface area contributed by atoms with Crippen LogP contribution in [-0.2, 0) is 9.59 Å². The van der Waals surface area contributed by atoms with Crippen LogP contribution in [0.3, 0.4) is 0 Å². The average molecular weight is 313 g/mol. The van der Waals surface area contributed by atoms with E-state index in [4.69, 9.17) is 16.3 Å². The average Bonchev–Trinajstić information content (AvgIpc) is 2.46. The van der Waals surface area contributed by atoms with Crippen LogP contribution >= 0.6 is 11.6 Å². The molecule has 1 rings (SSSR count). The highest BCUT2D eigenvalue weighted by molar-refractivity contribution is 6.30. The number of amides is 2. The van der Waals surface area contributed by atoms with Crippen LogP contribution in [-0.4, -0.2) is 30.5 Å². The number of nitrogens with one attached hydrogen (secondary N) is 2. The summed E-state index contributed by atoms with van der Waals surface area (Å²) < 4.78 is 5.49. The quantitative estimate of drug-likeness (QED) is 0.810. The molecule has 21 heavy (non-hydrogen) atoms. The first-order chi connectivity index (χ1) is 9.93. The SMILES string of the molecule is CCCNC(=O)C(C)NC(=O)C(C)Oc1ccc(Cl)cc1. The molecule has 2 unspecified atom stereocenters. The van der Waals surface area contributed by atoms with Crippen molar-refractivity contribution in [1.29, 1.82) is 0 Å². The molecule has 1 aromatic rings. The van der Waals surface area contributed by atoms with Gasteiger partial charge in [0.15, 0.2) is 6.10 Å². The Bertz CT molecular complexity index is 476. The zero-order valence-electron chi connectivity index (χ0n) is 12.5.